The Morgan fingerprint density at radius 1 is 1.37 bits per heavy atom. The summed E-state index contributed by atoms with van der Waals surface area (Å²) >= 11 is 0. The summed E-state index contributed by atoms with van der Waals surface area (Å²) in [5.41, 5.74) is 2.71. The van der Waals surface area contributed by atoms with E-state index in [1.165, 1.54) is 30.5 Å². The van der Waals surface area contributed by atoms with E-state index in [0.29, 0.717) is 6.04 Å². The van der Waals surface area contributed by atoms with Gasteiger partial charge >= 0.3 is 0 Å². The van der Waals surface area contributed by atoms with Crippen LogP contribution in [-0.4, -0.2) is 49.2 Å². The van der Waals surface area contributed by atoms with Crippen molar-refractivity contribution in [1.29, 1.82) is 0 Å². The van der Waals surface area contributed by atoms with E-state index in [1.807, 2.05) is 12.4 Å². The van der Waals surface area contributed by atoms with Crippen molar-refractivity contribution in [2.24, 2.45) is 0 Å². The maximum Gasteiger partial charge on any atom is 0.0598 e. The molecule has 1 saturated carbocycles. The third-order valence-electron chi connectivity index (χ3n) is 4.28. The zero-order valence-corrected chi connectivity index (χ0v) is 12.0. The summed E-state index contributed by atoms with van der Waals surface area (Å²) in [7, 11) is 4.35. The highest BCUT2D eigenvalue weighted by Crippen LogP contribution is 2.26. The molecule has 2 aliphatic rings. The van der Waals surface area contributed by atoms with Crippen molar-refractivity contribution in [1.82, 2.24) is 15.2 Å². The van der Waals surface area contributed by atoms with E-state index in [4.69, 9.17) is 0 Å². The molecule has 1 aromatic rings. The largest absolute Gasteiger partial charge is 0.368 e. The average molecular weight is 260 g/mol. The molecule has 1 saturated heterocycles. The molecule has 0 radical (unpaired) electrons. The van der Waals surface area contributed by atoms with E-state index in [-0.39, 0.29) is 0 Å². The molecule has 1 aromatic heterocycles. The Morgan fingerprint density at radius 2 is 2.21 bits per heavy atom. The summed E-state index contributed by atoms with van der Waals surface area (Å²) < 4.78 is 0. The first kappa shape index (κ1) is 12.9. The first-order chi connectivity index (χ1) is 9.24. The number of rotatable bonds is 5. The zero-order valence-electron chi connectivity index (χ0n) is 12.0. The highest BCUT2D eigenvalue weighted by atomic mass is 15.2. The van der Waals surface area contributed by atoms with Crippen LogP contribution in [0.15, 0.2) is 18.5 Å². The fourth-order valence-electron chi connectivity index (χ4n) is 2.77. The lowest BCUT2D eigenvalue weighted by Gasteiger charge is -2.23. The second kappa shape index (κ2) is 5.47. The molecule has 2 fully saturated rings. The van der Waals surface area contributed by atoms with E-state index in [9.17, 15) is 0 Å². The first-order valence-corrected chi connectivity index (χ1v) is 7.31. The van der Waals surface area contributed by atoms with E-state index in [2.05, 4.69) is 40.3 Å². The van der Waals surface area contributed by atoms with Gasteiger partial charge < -0.3 is 15.1 Å². The average Bonchev–Trinajstić information content (AvgIpc) is 3.11. The van der Waals surface area contributed by atoms with Crippen molar-refractivity contribution in [3.63, 3.8) is 0 Å². The maximum absolute atomic E-state index is 4.32. The van der Waals surface area contributed by atoms with Crippen LogP contribution in [-0.2, 0) is 6.54 Å². The van der Waals surface area contributed by atoms with Gasteiger partial charge in [0.25, 0.3) is 0 Å². The van der Waals surface area contributed by atoms with Gasteiger partial charge in [-0.3, -0.25) is 4.98 Å². The summed E-state index contributed by atoms with van der Waals surface area (Å²) in [6.45, 7) is 3.24. The number of likely N-dealkylation sites (N-methyl/N-ethyl adjacent to an activating group) is 1. The highest BCUT2D eigenvalue weighted by molar-refractivity contribution is 5.52. The summed E-state index contributed by atoms with van der Waals surface area (Å²) in [6, 6.07) is 3.59. The van der Waals surface area contributed by atoms with Crippen LogP contribution in [0.5, 0.6) is 0 Å². The molecule has 19 heavy (non-hydrogen) atoms. The standard InChI is InChI=1S/C15H24N4/c1-18(2)14-6-8-19(11-14)15-10-16-7-5-12(15)9-17-13-3-4-13/h5,7,10,13-14,17H,3-4,6,8-9,11H2,1-2H3. The molecule has 0 spiro atoms. The predicted octanol–water partition coefficient (Wildman–Crippen LogP) is 1.47. The minimum absolute atomic E-state index is 0.671. The first-order valence-electron chi connectivity index (χ1n) is 7.31. The molecule has 104 valence electrons. The minimum Gasteiger partial charge on any atom is -0.368 e. The Balaban J connectivity index is 1.69. The van der Waals surface area contributed by atoms with Crippen molar-refractivity contribution in [2.75, 3.05) is 32.1 Å². The lowest BCUT2D eigenvalue weighted by atomic mass is 10.2. The number of anilines is 1. The third-order valence-corrected chi connectivity index (χ3v) is 4.28. The van der Waals surface area contributed by atoms with Crippen molar-refractivity contribution in [2.45, 2.75) is 37.9 Å². The fraction of sp³-hybridized carbons (Fsp3) is 0.667. The van der Waals surface area contributed by atoms with E-state index in [0.717, 1.165) is 25.7 Å². The molecule has 1 atom stereocenters. The monoisotopic (exact) mass is 260 g/mol. The molecule has 1 aliphatic heterocycles. The highest BCUT2D eigenvalue weighted by Gasteiger charge is 2.26. The van der Waals surface area contributed by atoms with E-state index < -0.39 is 0 Å². The van der Waals surface area contributed by atoms with Crippen LogP contribution in [0.4, 0.5) is 5.69 Å². The van der Waals surface area contributed by atoms with E-state index in [1.54, 1.807) is 0 Å². The summed E-state index contributed by atoms with van der Waals surface area (Å²) in [5, 5.41) is 3.61. The molecule has 4 heteroatoms. The molecule has 4 nitrogen and oxygen atoms in total. The maximum atomic E-state index is 4.32. The number of hydrogen-bond donors (Lipinski definition) is 1. The molecule has 0 amide bonds. The van der Waals surface area contributed by atoms with Crippen LogP contribution < -0.4 is 10.2 Å². The Kier molecular flexibility index (Phi) is 3.71. The van der Waals surface area contributed by atoms with Gasteiger partial charge in [0.15, 0.2) is 0 Å². The van der Waals surface area contributed by atoms with Crippen LogP contribution in [0.1, 0.15) is 24.8 Å². The van der Waals surface area contributed by atoms with Gasteiger partial charge in [-0.15, -0.1) is 0 Å². The van der Waals surface area contributed by atoms with Crippen molar-refractivity contribution in [3.05, 3.63) is 24.0 Å². The number of hydrogen-bond acceptors (Lipinski definition) is 4. The van der Waals surface area contributed by atoms with Gasteiger partial charge in [-0.05, 0) is 45.0 Å². The Morgan fingerprint density at radius 3 is 2.89 bits per heavy atom. The topological polar surface area (TPSA) is 31.4 Å². The molecule has 0 bridgehead atoms. The molecule has 0 aromatic carbocycles. The normalized spacial score (nSPS) is 23.3. The Labute approximate surface area is 115 Å². The summed E-state index contributed by atoms with van der Waals surface area (Å²) in [4.78, 5) is 9.14. The number of nitrogens with zero attached hydrogens (tertiary/aromatic N) is 3. The Hall–Kier alpha value is -1.13. The smallest absolute Gasteiger partial charge is 0.0598 e. The van der Waals surface area contributed by atoms with Crippen molar-refractivity contribution in [3.8, 4) is 0 Å². The van der Waals surface area contributed by atoms with E-state index >= 15 is 0 Å². The molecule has 2 heterocycles. The van der Waals surface area contributed by atoms with Crippen LogP contribution in [0.3, 0.4) is 0 Å². The minimum atomic E-state index is 0.671. The molecule has 1 aliphatic carbocycles. The van der Waals surface area contributed by atoms with Gasteiger partial charge in [-0.1, -0.05) is 0 Å². The number of pyridine rings is 1. The molecule has 1 N–H and O–H groups in total. The molecule has 1 unspecified atom stereocenters. The van der Waals surface area contributed by atoms with Crippen molar-refractivity contribution >= 4 is 5.69 Å². The molecular formula is C15H24N4. The fourth-order valence-corrected chi connectivity index (χ4v) is 2.77. The van der Waals surface area contributed by atoms with Gasteiger partial charge in [-0.25, -0.2) is 0 Å². The zero-order chi connectivity index (χ0) is 13.2. The third kappa shape index (κ3) is 3.07. The van der Waals surface area contributed by atoms with Gasteiger partial charge in [0.1, 0.15) is 0 Å². The van der Waals surface area contributed by atoms with Gasteiger partial charge in [-0.2, -0.15) is 0 Å². The number of aromatic nitrogens is 1. The van der Waals surface area contributed by atoms with Crippen LogP contribution in [0.25, 0.3) is 0 Å². The van der Waals surface area contributed by atoms with Crippen LogP contribution in [0, 0.1) is 0 Å². The molecule has 3 rings (SSSR count). The lowest BCUT2D eigenvalue weighted by molar-refractivity contribution is 0.315. The van der Waals surface area contributed by atoms with Gasteiger partial charge in [0.05, 0.1) is 11.9 Å². The SMILES string of the molecule is CN(C)C1CCN(c2cnccc2CNC2CC2)C1. The quantitative estimate of drug-likeness (QED) is 0.869. The van der Waals surface area contributed by atoms with Crippen LogP contribution >= 0.6 is 0 Å². The van der Waals surface area contributed by atoms with Gasteiger partial charge in [0.2, 0.25) is 0 Å². The predicted molar refractivity (Wildman–Crippen MR) is 78.4 cm³/mol. The van der Waals surface area contributed by atoms with Gasteiger partial charge in [0, 0.05) is 37.9 Å². The second-order valence-electron chi connectivity index (χ2n) is 6.01. The number of nitrogens with one attached hydrogen (secondary N) is 1. The van der Waals surface area contributed by atoms with Crippen molar-refractivity contribution < 1.29 is 0 Å². The lowest BCUT2D eigenvalue weighted by Crippen LogP contribution is -2.32. The second-order valence-corrected chi connectivity index (χ2v) is 6.01. The summed E-state index contributed by atoms with van der Waals surface area (Å²) in [6.07, 6.45) is 7.87. The van der Waals surface area contributed by atoms with Crippen LogP contribution in [0.2, 0.25) is 0 Å². The molecular weight excluding hydrogens is 236 g/mol. The Bertz CT molecular complexity index is 428. The summed E-state index contributed by atoms with van der Waals surface area (Å²) in [5.74, 6) is 0.